The lowest BCUT2D eigenvalue weighted by Crippen LogP contribution is -2.55. The molecule has 0 aromatic carbocycles. The topological polar surface area (TPSA) is 68.3 Å². The third-order valence-electron chi connectivity index (χ3n) is 4.43. The SMILES string of the molecule is CCC(CC)(C(NN)c1c(Cl)cnn1CCOC)N(C)C. The normalized spacial score (nSPS) is 13.9. The van der Waals surface area contributed by atoms with Crippen LogP contribution >= 0.6 is 11.6 Å². The number of aromatic nitrogens is 2. The van der Waals surface area contributed by atoms with E-state index >= 15 is 0 Å². The molecular weight excluding hydrogens is 290 g/mol. The van der Waals surface area contributed by atoms with E-state index in [0.717, 1.165) is 18.5 Å². The Labute approximate surface area is 132 Å². The summed E-state index contributed by atoms with van der Waals surface area (Å²) in [7, 11) is 5.81. The molecule has 0 saturated carbocycles. The Hall–Kier alpha value is -0.660. The highest BCUT2D eigenvalue weighted by molar-refractivity contribution is 6.31. The van der Waals surface area contributed by atoms with Crippen molar-refractivity contribution in [2.75, 3.05) is 27.8 Å². The Morgan fingerprint density at radius 2 is 2.10 bits per heavy atom. The van der Waals surface area contributed by atoms with Gasteiger partial charge in [0.05, 0.1) is 36.1 Å². The number of rotatable bonds is 9. The molecular formula is C14H28ClN5O. The first-order valence-electron chi connectivity index (χ1n) is 7.32. The van der Waals surface area contributed by atoms with E-state index in [1.165, 1.54) is 0 Å². The number of likely N-dealkylation sites (N-methyl/N-ethyl adjacent to an activating group) is 1. The molecule has 1 heterocycles. The van der Waals surface area contributed by atoms with Gasteiger partial charge in [-0.25, -0.2) is 5.43 Å². The fraction of sp³-hybridized carbons (Fsp3) is 0.786. The van der Waals surface area contributed by atoms with Gasteiger partial charge in [-0.2, -0.15) is 5.10 Å². The van der Waals surface area contributed by atoms with Gasteiger partial charge >= 0.3 is 0 Å². The number of hydrogen-bond acceptors (Lipinski definition) is 5. The lowest BCUT2D eigenvalue weighted by Gasteiger charge is -2.45. The summed E-state index contributed by atoms with van der Waals surface area (Å²) in [5.74, 6) is 5.90. The van der Waals surface area contributed by atoms with Crippen molar-refractivity contribution in [3.8, 4) is 0 Å². The van der Waals surface area contributed by atoms with Gasteiger partial charge < -0.3 is 9.64 Å². The zero-order valence-corrected chi connectivity index (χ0v) is 14.4. The van der Waals surface area contributed by atoms with Crippen LogP contribution in [0.3, 0.4) is 0 Å². The predicted octanol–water partition coefficient (Wildman–Crippen LogP) is 1.81. The molecule has 0 aliphatic carbocycles. The molecule has 1 aromatic heterocycles. The Morgan fingerprint density at radius 1 is 1.48 bits per heavy atom. The van der Waals surface area contributed by atoms with Crippen molar-refractivity contribution in [2.24, 2.45) is 5.84 Å². The number of methoxy groups -OCH3 is 1. The summed E-state index contributed by atoms with van der Waals surface area (Å²) in [5.41, 5.74) is 3.73. The van der Waals surface area contributed by atoms with Gasteiger partial charge in [0, 0.05) is 12.6 Å². The maximum atomic E-state index is 6.38. The molecule has 7 heteroatoms. The molecule has 0 radical (unpaired) electrons. The van der Waals surface area contributed by atoms with Gasteiger partial charge in [-0.1, -0.05) is 25.4 Å². The number of nitrogens with zero attached hydrogens (tertiary/aromatic N) is 3. The average molecular weight is 318 g/mol. The van der Waals surface area contributed by atoms with Gasteiger partial charge in [0.1, 0.15) is 0 Å². The molecule has 1 aromatic rings. The summed E-state index contributed by atoms with van der Waals surface area (Å²) in [6.07, 6.45) is 3.55. The second-order valence-corrected chi connectivity index (χ2v) is 5.81. The van der Waals surface area contributed by atoms with Gasteiger partial charge in [-0.05, 0) is 26.9 Å². The van der Waals surface area contributed by atoms with Gasteiger partial charge in [0.2, 0.25) is 0 Å². The van der Waals surface area contributed by atoms with Gasteiger partial charge in [-0.15, -0.1) is 0 Å². The Kier molecular flexibility index (Phi) is 7.09. The molecule has 21 heavy (non-hydrogen) atoms. The molecule has 3 N–H and O–H groups in total. The van der Waals surface area contributed by atoms with Gasteiger partial charge in [-0.3, -0.25) is 10.5 Å². The molecule has 1 atom stereocenters. The van der Waals surface area contributed by atoms with E-state index in [-0.39, 0.29) is 11.6 Å². The van der Waals surface area contributed by atoms with Crippen molar-refractivity contribution in [2.45, 2.75) is 44.8 Å². The molecule has 1 rings (SSSR count). The van der Waals surface area contributed by atoms with Crippen molar-refractivity contribution in [3.63, 3.8) is 0 Å². The fourth-order valence-electron chi connectivity index (χ4n) is 3.05. The first-order chi connectivity index (χ1) is 9.98. The Morgan fingerprint density at radius 3 is 2.52 bits per heavy atom. The van der Waals surface area contributed by atoms with E-state index in [9.17, 15) is 0 Å². The molecule has 0 amide bonds. The molecule has 1 unspecified atom stereocenters. The number of nitrogens with one attached hydrogen (secondary N) is 1. The van der Waals surface area contributed by atoms with Crippen molar-refractivity contribution in [1.82, 2.24) is 20.1 Å². The van der Waals surface area contributed by atoms with Crippen LogP contribution in [0.15, 0.2) is 6.20 Å². The van der Waals surface area contributed by atoms with Crippen molar-refractivity contribution in [1.29, 1.82) is 0 Å². The summed E-state index contributed by atoms with van der Waals surface area (Å²) in [6, 6.07) is -0.116. The zero-order chi connectivity index (χ0) is 16.0. The van der Waals surface area contributed by atoms with Crippen molar-refractivity contribution < 1.29 is 4.74 Å². The zero-order valence-electron chi connectivity index (χ0n) is 13.7. The number of ether oxygens (including phenoxy) is 1. The smallest absolute Gasteiger partial charge is 0.0835 e. The number of nitrogens with two attached hydrogens (primary N) is 1. The van der Waals surface area contributed by atoms with Crippen LogP contribution in [0.5, 0.6) is 0 Å². The van der Waals surface area contributed by atoms with Crippen LogP contribution in [-0.2, 0) is 11.3 Å². The van der Waals surface area contributed by atoms with Crippen LogP contribution in [0.2, 0.25) is 5.02 Å². The molecule has 0 aliphatic rings. The minimum atomic E-state index is -0.136. The average Bonchev–Trinajstić information content (AvgIpc) is 2.83. The first-order valence-corrected chi connectivity index (χ1v) is 7.69. The summed E-state index contributed by atoms with van der Waals surface area (Å²) in [6.45, 7) is 5.55. The summed E-state index contributed by atoms with van der Waals surface area (Å²) in [5, 5.41) is 4.98. The third kappa shape index (κ3) is 3.57. The maximum absolute atomic E-state index is 6.38. The molecule has 0 saturated heterocycles. The van der Waals surface area contributed by atoms with Crippen molar-refractivity contribution >= 4 is 11.6 Å². The standard InChI is InChI=1S/C14H28ClN5O/c1-6-14(7-2,19(3)4)13(18-16)12-11(15)10-17-20(12)8-9-21-5/h10,13,18H,6-9,16H2,1-5H3. The highest BCUT2D eigenvalue weighted by atomic mass is 35.5. The number of halogens is 1. The van der Waals surface area contributed by atoms with Crippen LogP contribution in [0.25, 0.3) is 0 Å². The van der Waals surface area contributed by atoms with E-state index in [1.807, 2.05) is 4.68 Å². The third-order valence-corrected chi connectivity index (χ3v) is 4.72. The number of hydrazine groups is 1. The van der Waals surface area contributed by atoms with E-state index in [1.54, 1.807) is 13.3 Å². The van der Waals surface area contributed by atoms with Gasteiger partial charge in [0.25, 0.3) is 0 Å². The second kappa shape index (κ2) is 8.10. The largest absolute Gasteiger partial charge is 0.383 e. The fourth-order valence-corrected chi connectivity index (χ4v) is 3.30. The van der Waals surface area contributed by atoms with Crippen LogP contribution in [-0.4, -0.2) is 48.0 Å². The lowest BCUT2D eigenvalue weighted by molar-refractivity contribution is 0.0828. The van der Waals surface area contributed by atoms with Crippen molar-refractivity contribution in [3.05, 3.63) is 16.9 Å². The minimum Gasteiger partial charge on any atom is -0.383 e. The molecule has 0 fully saturated rings. The summed E-state index contributed by atoms with van der Waals surface area (Å²) in [4.78, 5) is 2.21. The molecule has 6 nitrogen and oxygen atoms in total. The van der Waals surface area contributed by atoms with Crippen LogP contribution in [0, 0.1) is 0 Å². The summed E-state index contributed by atoms with van der Waals surface area (Å²) < 4.78 is 7.02. The quantitative estimate of drug-likeness (QED) is 0.537. The Balaban J connectivity index is 3.28. The summed E-state index contributed by atoms with van der Waals surface area (Å²) >= 11 is 6.38. The molecule has 122 valence electrons. The minimum absolute atomic E-state index is 0.116. The Bertz CT molecular complexity index is 431. The maximum Gasteiger partial charge on any atom is 0.0835 e. The van der Waals surface area contributed by atoms with E-state index < -0.39 is 0 Å². The highest BCUT2D eigenvalue weighted by Gasteiger charge is 2.41. The highest BCUT2D eigenvalue weighted by Crippen LogP contribution is 2.38. The van der Waals surface area contributed by atoms with Crippen LogP contribution < -0.4 is 11.3 Å². The van der Waals surface area contributed by atoms with E-state index in [0.29, 0.717) is 18.2 Å². The predicted molar refractivity (Wildman–Crippen MR) is 86.2 cm³/mol. The first kappa shape index (κ1) is 18.4. The monoisotopic (exact) mass is 317 g/mol. The molecule has 0 spiro atoms. The molecule has 0 aliphatic heterocycles. The van der Waals surface area contributed by atoms with Crippen LogP contribution in [0.4, 0.5) is 0 Å². The number of hydrogen-bond donors (Lipinski definition) is 2. The molecule has 0 bridgehead atoms. The van der Waals surface area contributed by atoms with Crippen LogP contribution in [0.1, 0.15) is 38.4 Å². The van der Waals surface area contributed by atoms with E-state index in [4.69, 9.17) is 22.2 Å². The van der Waals surface area contributed by atoms with E-state index in [2.05, 4.69) is 43.4 Å². The second-order valence-electron chi connectivity index (χ2n) is 5.40. The van der Waals surface area contributed by atoms with Gasteiger partial charge in [0.15, 0.2) is 0 Å². The lowest BCUT2D eigenvalue weighted by atomic mass is 9.81.